The first-order valence-corrected chi connectivity index (χ1v) is 10.2. The lowest BCUT2D eigenvalue weighted by atomic mass is 10.2. The van der Waals surface area contributed by atoms with E-state index in [0.717, 1.165) is 28.0 Å². The van der Waals surface area contributed by atoms with Crippen molar-refractivity contribution in [1.29, 1.82) is 0 Å². The van der Waals surface area contributed by atoms with E-state index in [9.17, 15) is 0 Å². The normalized spacial score (nSPS) is 11.2. The van der Waals surface area contributed by atoms with E-state index >= 15 is 0 Å². The molecule has 26 heavy (non-hydrogen) atoms. The van der Waals surface area contributed by atoms with Crippen molar-refractivity contribution >= 4 is 34.7 Å². The van der Waals surface area contributed by atoms with Gasteiger partial charge in [0.1, 0.15) is 0 Å². The minimum Gasteiger partial charge on any atom is -0.338 e. The Morgan fingerprint density at radius 3 is 2.77 bits per heavy atom. The molecule has 3 aromatic heterocycles. The molecule has 132 valence electrons. The molecule has 0 spiro atoms. The summed E-state index contributed by atoms with van der Waals surface area (Å²) in [5.74, 6) is 2.51. The summed E-state index contributed by atoms with van der Waals surface area (Å²) in [4.78, 5) is 5.55. The van der Waals surface area contributed by atoms with Crippen molar-refractivity contribution in [1.82, 2.24) is 24.9 Å². The average molecular weight is 404 g/mol. The van der Waals surface area contributed by atoms with Gasteiger partial charge in [-0.1, -0.05) is 34.6 Å². The molecule has 0 bridgehead atoms. The molecular weight excluding hydrogens is 390 g/mol. The van der Waals surface area contributed by atoms with Crippen LogP contribution in [0.4, 0.5) is 0 Å². The zero-order valence-electron chi connectivity index (χ0n) is 13.8. The van der Waals surface area contributed by atoms with Gasteiger partial charge in [-0.2, -0.15) is 4.98 Å². The highest BCUT2D eigenvalue weighted by Gasteiger charge is 2.16. The number of nitrogens with zero attached hydrogens (tertiary/aromatic N) is 5. The summed E-state index contributed by atoms with van der Waals surface area (Å²) in [6.07, 6.45) is 0. The summed E-state index contributed by atoms with van der Waals surface area (Å²) in [6.45, 7) is 2.87. The summed E-state index contributed by atoms with van der Waals surface area (Å²) in [5, 5.41) is 16.2. The van der Waals surface area contributed by atoms with E-state index in [1.807, 2.05) is 29.6 Å². The van der Waals surface area contributed by atoms with Gasteiger partial charge >= 0.3 is 0 Å². The Balaban J connectivity index is 1.49. The number of hydrogen-bond acceptors (Lipinski definition) is 7. The second-order valence-electron chi connectivity index (χ2n) is 5.34. The number of thioether (sulfide) groups is 1. The zero-order valence-corrected chi connectivity index (χ0v) is 16.2. The van der Waals surface area contributed by atoms with E-state index in [1.54, 1.807) is 23.5 Å². The Morgan fingerprint density at radius 2 is 2.04 bits per heavy atom. The predicted molar refractivity (Wildman–Crippen MR) is 103 cm³/mol. The van der Waals surface area contributed by atoms with Gasteiger partial charge in [-0.05, 0) is 42.6 Å². The molecule has 0 saturated carbocycles. The fourth-order valence-corrected chi connectivity index (χ4v) is 4.11. The lowest BCUT2D eigenvalue weighted by Crippen LogP contribution is -1.99. The largest absolute Gasteiger partial charge is 0.338 e. The third-order valence-electron chi connectivity index (χ3n) is 3.67. The van der Waals surface area contributed by atoms with Gasteiger partial charge in [-0.3, -0.25) is 0 Å². The van der Waals surface area contributed by atoms with E-state index in [2.05, 4.69) is 31.8 Å². The summed E-state index contributed by atoms with van der Waals surface area (Å²) in [7, 11) is 0. The molecule has 0 aliphatic heterocycles. The van der Waals surface area contributed by atoms with Crippen molar-refractivity contribution in [3.8, 4) is 22.1 Å². The predicted octanol–water partition coefficient (Wildman–Crippen LogP) is 5.02. The molecule has 6 nitrogen and oxygen atoms in total. The van der Waals surface area contributed by atoms with Gasteiger partial charge in [-0.15, -0.1) is 21.5 Å². The monoisotopic (exact) mass is 403 g/mol. The van der Waals surface area contributed by atoms with E-state index in [0.29, 0.717) is 22.5 Å². The number of thiophene rings is 1. The molecule has 0 N–H and O–H groups in total. The number of hydrogen-bond donors (Lipinski definition) is 0. The molecule has 4 rings (SSSR count). The first-order chi connectivity index (χ1) is 12.7. The van der Waals surface area contributed by atoms with Crippen LogP contribution in [0, 0.1) is 0 Å². The van der Waals surface area contributed by atoms with Gasteiger partial charge in [0, 0.05) is 17.1 Å². The molecule has 0 aliphatic rings. The molecule has 9 heteroatoms. The van der Waals surface area contributed by atoms with Crippen LogP contribution in [0.5, 0.6) is 0 Å². The summed E-state index contributed by atoms with van der Waals surface area (Å²) < 4.78 is 7.44. The molecule has 4 aromatic rings. The molecule has 0 atom stereocenters. The van der Waals surface area contributed by atoms with E-state index in [-0.39, 0.29) is 0 Å². The van der Waals surface area contributed by atoms with Crippen LogP contribution in [-0.4, -0.2) is 24.9 Å². The van der Waals surface area contributed by atoms with Crippen molar-refractivity contribution in [2.45, 2.75) is 24.4 Å². The summed E-state index contributed by atoms with van der Waals surface area (Å²) in [5.41, 5.74) is 0.867. The first-order valence-electron chi connectivity index (χ1n) is 7.93. The second kappa shape index (κ2) is 7.61. The summed E-state index contributed by atoms with van der Waals surface area (Å²) in [6, 6.07) is 11.4. The highest BCUT2D eigenvalue weighted by Crippen LogP contribution is 2.29. The zero-order chi connectivity index (χ0) is 17.9. The van der Waals surface area contributed by atoms with Gasteiger partial charge in [0.25, 0.3) is 0 Å². The maximum absolute atomic E-state index is 5.91. The first kappa shape index (κ1) is 17.3. The average Bonchev–Trinajstić information content (AvgIpc) is 3.40. The maximum atomic E-state index is 5.91. The van der Waals surface area contributed by atoms with Gasteiger partial charge in [0.2, 0.25) is 11.7 Å². The molecule has 0 radical (unpaired) electrons. The van der Waals surface area contributed by atoms with Crippen molar-refractivity contribution in [3.63, 3.8) is 0 Å². The number of halogens is 1. The van der Waals surface area contributed by atoms with E-state index in [4.69, 9.17) is 16.1 Å². The Labute approximate surface area is 163 Å². The Kier molecular flexibility index (Phi) is 5.05. The van der Waals surface area contributed by atoms with E-state index in [1.165, 1.54) is 11.8 Å². The molecule has 0 fully saturated rings. The SMILES string of the molecule is CCn1c(SCc2nc(-c3ccc(Cl)cc3)no2)nnc1-c1cccs1. The molecule has 3 heterocycles. The van der Waals surface area contributed by atoms with Crippen molar-refractivity contribution in [2.75, 3.05) is 0 Å². The lowest BCUT2D eigenvalue weighted by molar-refractivity contribution is 0.391. The fraction of sp³-hybridized carbons (Fsp3) is 0.176. The van der Waals surface area contributed by atoms with Crippen molar-refractivity contribution in [3.05, 3.63) is 52.7 Å². The van der Waals surface area contributed by atoms with Crippen LogP contribution in [0.15, 0.2) is 51.5 Å². The molecule has 0 saturated heterocycles. The lowest BCUT2D eigenvalue weighted by Gasteiger charge is -2.04. The number of benzene rings is 1. The van der Waals surface area contributed by atoms with Gasteiger partial charge in [-0.25, -0.2) is 0 Å². The second-order valence-corrected chi connectivity index (χ2v) is 7.66. The van der Waals surface area contributed by atoms with Gasteiger partial charge in [0.05, 0.1) is 10.6 Å². The third-order valence-corrected chi connectivity index (χ3v) is 5.74. The fourth-order valence-electron chi connectivity index (χ4n) is 2.42. The Hall–Kier alpha value is -2.16. The molecular formula is C17H14ClN5OS2. The van der Waals surface area contributed by atoms with Crippen LogP contribution in [0.1, 0.15) is 12.8 Å². The van der Waals surface area contributed by atoms with Crippen LogP contribution >= 0.6 is 34.7 Å². The minimum absolute atomic E-state index is 0.531. The topological polar surface area (TPSA) is 69.6 Å². The standard InChI is InChI=1S/C17H14ClN5OS2/c1-2-23-16(13-4-3-9-25-13)20-21-17(23)26-10-14-19-15(22-24-14)11-5-7-12(18)8-6-11/h3-9H,2,10H2,1H3. The molecule has 0 amide bonds. The van der Waals surface area contributed by atoms with Crippen LogP contribution in [-0.2, 0) is 12.3 Å². The van der Waals surface area contributed by atoms with Gasteiger partial charge in [0.15, 0.2) is 11.0 Å². The smallest absolute Gasteiger partial charge is 0.237 e. The Bertz CT molecular complexity index is 995. The summed E-state index contributed by atoms with van der Waals surface area (Å²) >= 11 is 9.09. The van der Waals surface area contributed by atoms with Gasteiger partial charge < -0.3 is 9.09 Å². The molecule has 1 aromatic carbocycles. The van der Waals surface area contributed by atoms with Crippen LogP contribution < -0.4 is 0 Å². The maximum Gasteiger partial charge on any atom is 0.237 e. The van der Waals surface area contributed by atoms with Crippen molar-refractivity contribution in [2.24, 2.45) is 0 Å². The van der Waals surface area contributed by atoms with Crippen LogP contribution in [0.3, 0.4) is 0 Å². The van der Waals surface area contributed by atoms with Crippen molar-refractivity contribution < 1.29 is 4.52 Å². The number of aromatic nitrogens is 5. The Morgan fingerprint density at radius 1 is 1.19 bits per heavy atom. The highest BCUT2D eigenvalue weighted by atomic mass is 35.5. The quantitative estimate of drug-likeness (QED) is 0.421. The third kappa shape index (κ3) is 3.53. The molecule has 0 aliphatic carbocycles. The highest BCUT2D eigenvalue weighted by molar-refractivity contribution is 7.98. The molecule has 0 unspecified atom stereocenters. The number of rotatable bonds is 6. The minimum atomic E-state index is 0.531. The van der Waals surface area contributed by atoms with Crippen LogP contribution in [0.2, 0.25) is 5.02 Å². The van der Waals surface area contributed by atoms with Crippen LogP contribution in [0.25, 0.3) is 22.1 Å². The van der Waals surface area contributed by atoms with E-state index < -0.39 is 0 Å².